The van der Waals surface area contributed by atoms with Crippen molar-refractivity contribution in [2.45, 2.75) is 26.6 Å². The molecule has 0 amide bonds. The number of aliphatic imine (C=N–C) groups is 1. The molecule has 0 radical (unpaired) electrons. The third kappa shape index (κ3) is 5.87. The summed E-state index contributed by atoms with van der Waals surface area (Å²) in [5, 5.41) is 10.9. The highest BCUT2D eigenvalue weighted by molar-refractivity contribution is 5.79. The van der Waals surface area contributed by atoms with Crippen molar-refractivity contribution in [1.82, 2.24) is 20.4 Å². The van der Waals surface area contributed by atoms with Gasteiger partial charge in [-0.2, -0.15) is 5.10 Å². The van der Waals surface area contributed by atoms with E-state index in [0.29, 0.717) is 13.1 Å². The quantitative estimate of drug-likeness (QED) is 0.467. The first-order valence-corrected chi connectivity index (χ1v) is 9.47. The number of hydrogen-bond donors (Lipinski definition) is 2. The molecule has 28 heavy (non-hydrogen) atoms. The predicted octanol–water partition coefficient (Wildman–Crippen LogP) is 3.20. The highest BCUT2D eigenvalue weighted by Crippen LogP contribution is 2.11. The molecule has 146 valence electrons. The molecule has 3 aromatic rings. The molecule has 0 fully saturated rings. The van der Waals surface area contributed by atoms with E-state index in [1.165, 1.54) is 16.7 Å². The topological polar surface area (TPSA) is 63.5 Å². The van der Waals surface area contributed by atoms with Gasteiger partial charge in [-0.15, -0.1) is 0 Å². The molecule has 0 saturated heterocycles. The monoisotopic (exact) mass is 377 g/mol. The Morgan fingerprint density at radius 1 is 1.04 bits per heavy atom. The fraction of sp³-hybridized carbons (Fsp3) is 0.273. The normalized spacial score (nSPS) is 11.3. The maximum Gasteiger partial charge on any atom is 0.191 e. The van der Waals surface area contributed by atoms with Crippen molar-refractivity contribution < 1.29 is 4.74 Å². The van der Waals surface area contributed by atoms with Gasteiger partial charge >= 0.3 is 0 Å². The van der Waals surface area contributed by atoms with Crippen LogP contribution in [0, 0.1) is 0 Å². The lowest BCUT2D eigenvalue weighted by Crippen LogP contribution is -2.36. The number of aromatic nitrogens is 2. The summed E-state index contributed by atoms with van der Waals surface area (Å²) in [5.41, 5.74) is 3.56. The Kier molecular flexibility index (Phi) is 7.07. The van der Waals surface area contributed by atoms with E-state index in [1.807, 2.05) is 41.2 Å². The summed E-state index contributed by atoms with van der Waals surface area (Å²) in [6.07, 6.45) is 3.77. The van der Waals surface area contributed by atoms with Crippen LogP contribution in [-0.2, 0) is 19.6 Å². The first kappa shape index (κ1) is 19.5. The summed E-state index contributed by atoms with van der Waals surface area (Å²) in [7, 11) is 1.67. The van der Waals surface area contributed by atoms with Gasteiger partial charge < -0.3 is 15.4 Å². The number of benzene rings is 2. The third-order valence-electron chi connectivity index (χ3n) is 4.28. The summed E-state index contributed by atoms with van der Waals surface area (Å²) < 4.78 is 7.12. The number of rotatable bonds is 8. The third-order valence-corrected chi connectivity index (χ3v) is 4.28. The molecule has 0 aliphatic rings. The second-order valence-electron chi connectivity index (χ2n) is 6.42. The van der Waals surface area contributed by atoms with E-state index < -0.39 is 0 Å². The van der Waals surface area contributed by atoms with Gasteiger partial charge in [0.05, 0.1) is 20.2 Å². The number of nitrogens with zero attached hydrogens (tertiary/aromatic N) is 3. The molecule has 0 spiro atoms. The summed E-state index contributed by atoms with van der Waals surface area (Å²) >= 11 is 0. The molecular formula is C22H27N5O. The first-order chi connectivity index (χ1) is 13.8. The minimum Gasteiger partial charge on any atom is -0.497 e. The van der Waals surface area contributed by atoms with Crippen LogP contribution in [-0.4, -0.2) is 29.4 Å². The van der Waals surface area contributed by atoms with Crippen molar-refractivity contribution >= 4 is 5.96 Å². The highest BCUT2D eigenvalue weighted by atomic mass is 16.5. The average Bonchev–Trinajstić information content (AvgIpc) is 3.24. The lowest BCUT2D eigenvalue weighted by atomic mass is 10.1. The lowest BCUT2D eigenvalue weighted by molar-refractivity contribution is 0.414. The molecule has 0 aliphatic heterocycles. The summed E-state index contributed by atoms with van der Waals surface area (Å²) in [5.74, 6) is 1.66. The molecule has 2 N–H and O–H groups in total. The van der Waals surface area contributed by atoms with E-state index in [9.17, 15) is 0 Å². The van der Waals surface area contributed by atoms with E-state index in [0.717, 1.165) is 24.8 Å². The summed E-state index contributed by atoms with van der Waals surface area (Å²) in [6, 6.07) is 18.4. The van der Waals surface area contributed by atoms with E-state index in [1.54, 1.807) is 13.3 Å². The van der Waals surface area contributed by atoms with Crippen LogP contribution in [0.3, 0.4) is 0 Å². The molecule has 0 aliphatic carbocycles. The van der Waals surface area contributed by atoms with Crippen LogP contribution < -0.4 is 15.4 Å². The molecule has 1 aromatic heterocycles. The number of nitrogens with one attached hydrogen (secondary N) is 2. The molecule has 2 aromatic carbocycles. The number of guanidine groups is 1. The zero-order valence-corrected chi connectivity index (χ0v) is 16.4. The van der Waals surface area contributed by atoms with Crippen molar-refractivity contribution in [1.29, 1.82) is 0 Å². The predicted molar refractivity (Wildman–Crippen MR) is 112 cm³/mol. The maximum absolute atomic E-state index is 5.20. The molecule has 6 nitrogen and oxygen atoms in total. The fourth-order valence-corrected chi connectivity index (χ4v) is 2.85. The summed E-state index contributed by atoms with van der Waals surface area (Å²) in [6.45, 7) is 4.96. The highest BCUT2D eigenvalue weighted by Gasteiger charge is 2.01. The molecule has 6 heteroatoms. The van der Waals surface area contributed by atoms with Gasteiger partial charge in [-0.05, 0) is 41.8 Å². The van der Waals surface area contributed by atoms with Crippen LogP contribution in [0.1, 0.15) is 23.6 Å². The van der Waals surface area contributed by atoms with Gasteiger partial charge in [-0.25, -0.2) is 4.99 Å². The van der Waals surface area contributed by atoms with Crippen molar-refractivity contribution in [3.63, 3.8) is 0 Å². The van der Waals surface area contributed by atoms with Gasteiger partial charge in [-0.1, -0.05) is 36.4 Å². The zero-order chi connectivity index (χ0) is 19.6. The number of methoxy groups -OCH3 is 1. The fourth-order valence-electron chi connectivity index (χ4n) is 2.85. The standard InChI is InChI=1S/C22H27N5O/c1-3-23-22(24-15-18-8-10-21(28-2)11-9-18)25-16-19-6-4-7-20(14-19)17-27-13-5-12-26-27/h4-14H,3,15-17H2,1-2H3,(H2,23,24,25). The zero-order valence-electron chi connectivity index (χ0n) is 16.4. The Morgan fingerprint density at radius 3 is 2.57 bits per heavy atom. The Balaban J connectivity index is 1.60. The van der Waals surface area contributed by atoms with Crippen LogP contribution in [0.25, 0.3) is 0 Å². The first-order valence-electron chi connectivity index (χ1n) is 9.47. The largest absolute Gasteiger partial charge is 0.497 e. The van der Waals surface area contributed by atoms with E-state index in [-0.39, 0.29) is 0 Å². The minimum atomic E-state index is 0.616. The molecule has 0 unspecified atom stereocenters. The molecular weight excluding hydrogens is 350 g/mol. The van der Waals surface area contributed by atoms with Gasteiger partial charge in [0.2, 0.25) is 0 Å². The van der Waals surface area contributed by atoms with E-state index in [4.69, 9.17) is 9.73 Å². The maximum atomic E-state index is 5.20. The molecule has 0 bridgehead atoms. The molecule has 1 heterocycles. The van der Waals surface area contributed by atoms with Crippen LogP contribution in [0.4, 0.5) is 0 Å². The van der Waals surface area contributed by atoms with Crippen LogP contribution in [0.5, 0.6) is 5.75 Å². The van der Waals surface area contributed by atoms with Crippen molar-refractivity contribution in [2.75, 3.05) is 13.7 Å². The molecule has 0 atom stereocenters. The van der Waals surface area contributed by atoms with Gasteiger partial charge in [0.25, 0.3) is 0 Å². The molecule has 3 rings (SSSR count). The summed E-state index contributed by atoms with van der Waals surface area (Å²) in [4.78, 5) is 4.72. The number of hydrogen-bond acceptors (Lipinski definition) is 3. The van der Waals surface area contributed by atoms with Gasteiger partial charge in [-0.3, -0.25) is 4.68 Å². The second kappa shape index (κ2) is 10.2. The molecule has 0 saturated carbocycles. The van der Waals surface area contributed by atoms with Crippen LogP contribution in [0.15, 0.2) is 72.0 Å². The van der Waals surface area contributed by atoms with Gasteiger partial charge in [0, 0.05) is 25.5 Å². The number of ether oxygens (including phenoxy) is 1. The van der Waals surface area contributed by atoms with E-state index >= 15 is 0 Å². The Hall–Kier alpha value is -3.28. The van der Waals surface area contributed by atoms with Gasteiger partial charge in [0.15, 0.2) is 5.96 Å². The van der Waals surface area contributed by atoms with Crippen LogP contribution >= 0.6 is 0 Å². The second-order valence-corrected chi connectivity index (χ2v) is 6.42. The van der Waals surface area contributed by atoms with E-state index in [2.05, 4.69) is 46.9 Å². The SMILES string of the molecule is CCNC(=NCc1cccc(Cn2cccn2)c1)NCc1ccc(OC)cc1. The van der Waals surface area contributed by atoms with Crippen molar-refractivity contribution in [2.24, 2.45) is 4.99 Å². The smallest absolute Gasteiger partial charge is 0.191 e. The lowest BCUT2D eigenvalue weighted by Gasteiger charge is -2.12. The average molecular weight is 377 g/mol. The Labute approximate surface area is 166 Å². The van der Waals surface area contributed by atoms with Crippen molar-refractivity contribution in [3.8, 4) is 5.75 Å². The van der Waals surface area contributed by atoms with Gasteiger partial charge in [0.1, 0.15) is 5.75 Å². The van der Waals surface area contributed by atoms with Crippen molar-refractivity contribution in [3.05, 3.63) is 83.7 Å². The van der Waals surface area contributed by atoms with Crippen LogP contribution in [0.2, 0.25) is 0 Å². The Morgan fingerprint density at radius 2 is 1.86 bits per heavy atom. The minimum absolute atomic E-state index is 0.616. The Bertz CT molecular complexity index is 872.